The van der Waals surface area contributed by atoms with Crippen LogP contribution in [0.1, 0.15) is 53.0 Å². The van der Waals surface area contributed by atoms with Gasteiger partial charge in [0.05, 0.1) is 23.2 Å². The highest BCUT2D eigenvalue weighted by atomic mass is 79.9. The molecule has 38 heavy (non-hydrogen) atoms. The van der Waals surface area contributed by atoms with Gasteiger partial charge in [-0.15, -0.1) is 11.8 Å². The van der Waals surface area contributed by atoms with E-state index in [1.807, 2.05) is 40.9 Å². The molecule has 2 aliphatic rings. The number of carbonyl (C=O) groups is 1. The first-order valence-corrected chi connectivity index (χ1v) is 14.6. The van der Waals surface area contributed by atoms with Gasteiger partial charge in [0, 0.05) is 32.8 Å². The molecule has 0 saturated heterocycles. The van der Waals surface area contributed by atoms with Crippen LogP contribution in [0.25, 0.3) is 0 Å². The van der Waals surface area contributed by atoms with Gasteiger partial charge >= 0.3 is 0 Å². The number of hydrogen-bond donors (Lipinski definition) is 1. The molecule has 1 atom stereocenters. The second-order valence-electron chi connectivity index (χ2n) is 9.96. The summed E-state index contributed by atoms with van der Waals surface area (Å²) in [5.41, 5.74) is 15.4. The zero-order chi connectivity index (χ0) is 27.0. The number of allylic oxidation sites excluding steroid dienone is 3. The minimum absolute atomic E-state index is 0.101. The fourth-order valence-electron chi connectivity index (χ4n) is 5.56. The summed E-state index contributed by atoms with van der Waals surface area (Å²) in [5, 5.41) is 10.4. The van der Waals surface area contributed by atoms with Gasteiger partial charge in [0.25, 0.3) is 0 Å². The maximum atomic E-state index is 13.6. The molecule has 0 fully saturated rings. The zero-order valence-electron chi connectivity index (χ0n) is 21.8. The van der Waals surface area contributed by atoms with E-state index in [1.54, 1.807) is 0 Å². The molecule has 0 aromatic heterocycles. The fourth-order valence-corrected chi connectivity index (χ4v) is 7.12. The first-order chi connectivity index (χ1) is 18.3. The predicted octanol–water partition coefficient (Wildman–Crippen LogP) is 7.97. The van der Waals surface area contributed by atoms with E-state index in [4.69, 9.17) is 5.73 Å². The molecule has 3 aromatic rings. The molecule has 3 aromatic carbocycles. The predicted molar refractivity (Wildman–Crippen MR) is 159 cm³/mol. The summed E-state index contributed by atoms with van der Waals surface area (Å²) < 4.78 is 0.866. The van der Waals surface area contributed by atoms with E-state index in [1.165, 1.54) is 21.6 Å². The van der Waals surface area contributed by atoms with Crippen molar-refractivity contribution in [1.29, 1.82) is 5.26 Å². The van der Waals surface area contributed by atoms with Crippen LogP contribution >= 0.6 is 27.7 Å². The van der Waals surface area contributed by atoms with Crippen LogP contribution in [0.2, 0.25) is 0 Å². The van der Waals surface area contributed by atoms with Gasteiger partial charge in [0.1, 0.15) is 5.82 Å². The van der Waals surface area contributed by atoms with Crippen LogP contribution in [0.4, 0.5) is 5.69 Å². The molecule has 2 N–H and O–H groups in total. The van der Waals surface area contributed by atoms with Gasteiger partial charge in [-0.05, 0) is 95.6 Å². The van der Waals surface area contributed by atoms with E-state index in [0.29, 0.717) is 23.4 Å². The monoisotopic (exact) mass is 583 g/mol. The van der Waals surface area contributed by atoms with Crippen molar-refractivity contribution in [3.8, 4) is 6.07 Å². The number of thioether (sulfide) groups is 1. The Morgan fingerprint density at radius 1 is 1.03 bits per heavy atom. The van der Waals surface area contributed by atoms with Crippen molar-refractivity contribution in [3.63, 3.8) is 0 Å². The minimum atomic E-state index is -0.468. The molecule has 192 valence electrons. The Kier molecular flexibility index (Phi) is 7.52. The maximum absolute atomic E-state index is 13.6. The second kappa shape index (κ2) is 10.8. The van der Waals surface area contributed by atoms with Gasteiger partial charge in [-0.1, -0.05) is 42.5 Å². The molecule has 1 aliphatic heterocycles. The average molecular weight is 585 g/mol. The molecule has 1 unspecified atom stereocenters. The van der Waals surface area contributed by atoms with E-state index in [0.717, 1.165) is 45.6 Å². The molecular formula is C32H30BrN3OS. The number of nitrogens with zero attached hydrogens (tertiary/aromatic N) is 2. The van der Waals surface area contributed by atoms with Crippen LogP contribution in [0.3, 0.4) is 0 Å². The van der Waals surface area contributed by atoms with E-state index < -0.39 is 5.92 Å². The molecule has 0 radical (unpaired) electrons. The number of halogens is 1. The van der Waals surface area contributed by atoms with E-state index in [9.17, 15) is 10.1 Å². The Morgan fingerprint density at radius 2 is 1.76 bits per heavy atom. The van der Waals surface area contributed by atoms with Crippen LogP contribution < -0.4 is 10.6 Å². The summed E-state index contributed by atoms with van der Waals surface area (Å²) in [4.78, 5) is 16.8. The number of anilines is 1. The van der Waals surface area contributed by atoms with Crippen molar-refractivity contribution in [2.45, 2.75) is 56.6 Å². The lowest BCUT2D eigenvalue weighted by Gasteiger charge is -2.40. The molecular weight excluding hydrogens is 554 g/mol. The maximum Gasteiger partial charge on any atom is 0.161 e. The first kappa shape index (κ1) is 26.3. The molecule has 1 heterocycles. The number of nitrogens with two attached hydrogens (primary N) is 1. The highest BCUT2D eigenvalue weighted by Gasteiger charge is 2.41. The number of hydrogen-bond acceptors (Lipinski definition) is 5. The number of Topliss-reactive ketones (excluding diaryl/α,β-unsaturated/α-hetero) is 1. The molecule has 6 heteroatoms. The van der Waals surface area contributed by atoms with Crippen molar-refractivity contribution in [2.75, 3.05) is 4.90 Å². The summed E-state index contributed by atoms with van der Waals surface area (Å²) in [6, 6.07) is 23.0. The highest BCUT2D eigenvalue weighted by molar-refractivity contribution is 9.10. The Hall–Kier alpha value is -3.27. The number of nitriles is 1. The minimum Gasteiger partial charge on any atom is -0.384 e. The normalized spacial score (nSPS) is 17.5. The first-order valence-electron chi connectivity index (χ1n) is 12.8. The lowest BCUT2D eigenvalue weighted by molar-refractivity contribution is -0.116. The van der Waals surface area contributed by atoms with Crippen molar-refractivity contribution in [2.24, 2.45) is 5.73 Å². The third-order valence-electron chi connectivity index (χ3n) is 7.52. The third-order valence-corrected chi connectivity index (χ3v) is 9.41. The van der Waals surface area contributed by atoms with Crippen molar-refractivity contribution < 1.29 is 4.79 Å². The largest absolute Gasteiger partial charge is 0.384 e. The van der Waals surface area contributed by atoms with E-state index >= 15 is 0 Å². The summed E-state index contributed by atoms with van der Waals surface area (Å²) in [7, 11) is 0. The zero-order valence-corrected chi connectivity index (χ0v) is 24.2. The van der Waals surface area contributed by atoms with Gasteiger partial charge < -0.3 is 5.73 Å². The lowest BCUT2D eigenvalue weighted by atomic mass is 9.74. The standard InChI is InChI=1S/C32H30BrN3OS/c1-19-9-4-7-14-29(19)38-18-22-16-23(21(3)15-20(22)2)30-24(17-34)32(35)36(26-11-6-5-10-25(26)33)27-12-8-13-28(37)31(27)30/h4-7,9-11,14-16,30H,8,12-13,18,35H2,1-3H3. The van der Waals surface area contributed by atoms with Crippen LogP contribution in [0, 0.1) is 32.1 Å². The summed E-state index contributed by atoms with van der Waals surface area (Å²) in [6.45, 7) is 6.33. The van der Waals surface area contributed by atoms with Crippen LogP contribution in [-0.2, 0) is 10.5 Å². The lowest BCUT2D eigenvalue weighted by Crippen LogP contribution is -2.39. The SMILES string of the molecule is Cc1cc(C)c(C2C(C#N)=C(N)N(c3ccccc3Br)C3=C2C(=O)CCC3)cc1CSc1ccccc1C. The van der Waals surface area contributed by atoms with Crippen molar-refractivity contribution in [3.05, 3.63) is 116 Å². The topological polar surface area (TPSA) is 70.1 Å². The highest BCUT2D eigenvalue weighted by Crippen LogP contribution is 2.48. The smallest absolute Gasteiger partial charge is 0.161 e. The number of aryl methyl sites for hydroxylation is 3. The second-order valence-corrected chi connectivity index (χ2v) is 11.8. The van der Waals surface area contributed by atoms with Gasteiger partial charge in [-0.25, -0.2) is 0 Å². The number of ketones is 1. The number of carbonyl (C=O) groups excluding carboxylic acids is 1. The molecule has 0 spiro atoms. The molecule has 0 amide bonds. The molecule has 4 nitrogen and oxygen atoms in total. The van der Waals surface area contributed by atoms with Gasteiger partial charge in [-0.3, -0.25) is 9.69 Å². The van der Waals surface area contributed by atoms with Crippen molar-refractivity contribution in [1.82, 2.24) is 0 Å². The summed E-state index contributed by atoms with van der Waals surface area (Å²) in [6.07, 6.45) is 1.99. The molecule has 0 bridgehead atoms. The Bertz CT molecular complexity index is 1550. The van der Waals surface area contributed by atoms with Gasteiger partial charge in [0.15, 0.2) is 5.78 Å². The average Bonchev–Trinajstić information content (AvgIpc) is 2.89. The van der Waals surface area contributed by atoms with Crippen LogP contribution in [-0.4, -0.2) is 5.78 Å². The van der Waals surface area contributed by atoms with Crippen LogP contribution in [0.15, 0.2) is 92.7 Å². The number of benzene rings is 3. The Labute approximate surface area is 237 Å². The van der Waals surface area contributed by atoms with Crippen LogP contribution in [0.5, 0.6) is 0 Å². The third kappa shape index (κ3) is 4.70. The molecule has 0 saturated carbocycles. The number of para-hydroxylation sites is 1. The number of rotatable bonds is 5. The Balaban J connectivity index is 1.65. The van der Waals surface area contributed by atoms with E-state index in [2.05, 4.69) is 79.2 Å². The van der Waals surface area contributed by atoms with Crippen molar-refractivity contribution >= 4 is 39.2 Å². The summed E-state index contributed by atoms with van der Waals surface area (Å²) >= 11 is 5.46. The molecule has 1 aliphatic carbocycles. The fraction of sp³-hybridized carbons (Fsp3) is 0.250. The van der Waals surface area contributed by atoms with E-state index in [-0.39, 0.29) is 5.78 Å². The Morgan fingerprint density at radius 3 is 2.50 bits per heavy atom. The summed E-state index contributed by atoms with van der Waals surface area (Å²) in [5.74, 6) is 0.836. The molecule has 5 rings (SSSR count). The van der Waals surface area contributed by atoms with Gasteiger partial charge in [-0.2, -0.15) is 5.26 Å². The van der Waals surface area contributed by atoms with Gasteiger partial charge in [0.2, 0.25) is 0 Å². The quantitative estimate of drug-likeness (QED) is 0.308.